The van der Waals surface area contributed by atoms with E-state index in [1.807, 2.05) is 18.2 Å². The van der Waals surface area contributed by atoms with Gasteiger partial charge in [0, 0.05) is 23.4 Å². The Morgan fingerprint density at radius 3 is 2.86 bits per heavy atom. The fraction of sp³-hybridized carbons (Fsp3) is 0.500. The van der Waals surface area contributed by atoms with Crippen molar-refractivity contribution in [2.45, 2.75) is 51.2 Å². The molecule has 1 aromatic carbocycles. The number of aliphatic hydroxyl groups excluding tert-OH is 1. The van der Waals surface area contributed by atoms with Crippen LogP contribution in [0, 0.1) is 0 Å². The van der Waals surface area contributed by atoms with Gasteiger partial charge in [0.1, 0.15) is 0 Å². The summed E-state index contributed by atoms with van der Waals surface area (Å²) >= 11 is 0. The Morgan fingerprint density at radius 1 is 1.33 bits per heavy atom. The van der Waals surface area contributed by atoms with E-state index in [1.165, 1.54) is 10.9 Å². The second-order valence-electron chi connectivity index (χ2n) is 7.07. The van der Waals surface area contributed by atoms with Crippen LogP contribution in [-0.2, 0) is 6.42 Å². The number of aromatic nitrogens is 1. The molecule has 21 heavy (non-hydrogen) atoms. The molecule has 1 aromatic heterocycles. The number of aliphatic hydroxyl groups is 1. The fourth-order valence-corrected chi connectivity index (χ4v) is 3.07. The molecule has 1 aliphatic rings. The summed E-state index contributed by atoms with van der Waals surface area (Å²) in [5, 5.41) is 15.1. The first-order valence-corrected chi connectivity index (χ1v) is 7.76. The van der Waals surface area contributed by atoms with Gasteiger partial charge in [-0.2, -0.15) is 0 Å². The van der Waals surface area contributed by atoms with Gasteiger partial charge < -0.3 is 10.4 Å². The molecule has 0 spiro atoms. The van der Waals surface area contributed by atoms with E-state index >= 15 is 0 Å². The van der Waals surface area contributed by atoms with E-state index in [0.29, 0.717) is 6.54 Å². The van der Waals surface area contributed by atoms with Gasteiger partial charge in [-0.1, -0.05) is 18.2 Å². The third-order valence-corrected chi connectivity index (χ3v) is 4.22. The smallest absolute Gasteiger partial charge is 0.0748 e. The summed E-state index contributed by atoms with van der Waals surface area (Å²) in [5.74, 6) is 0.152. The summed E-state index contributed by atoms with van der Waals surface area (Å²) < 4.78 is 0. The van der Waals surface area contributed by atoms with Crippen LogP contribution in [0.25, 0.3) is 10.9 Å². The van der Waals surface area contributed by atoms with E-state index in [0.717, 1.165) is 24.1 Å². The van der Waals surface area contributed by atoms with Crippen LogP contribution >= 0.6 is 0 Å². The van der Waals surface area contributed by atoms with Crippen LogP contribution in [0.2, 0.25) is 0 Å². The van der Waals surface area contributed by atoms with Crippen LogP contribution < -0.4 is 5.32 Å². The Bertz CT molecular complexity index is 645. The molecule has 1 aliphatic carbocycles. The number of hydrogen-bond acceptors (Lipinski definition) is 3. The normalized spacial score (nSPS) is 19.7. The molecule has 0 fully saturated rings. The van der Waals surface area contributed by atoms with Crippen LogP contribution in [0.1, 0.15) is 44.4 Å². The number of benzene rings is 1. The van der Waals surface area contributed by atoms with Gasteiger partial charge in [-0.05, 0) is 51.3 Å². The molecule has 112 valence electrons. The van der Waals surface area contributed by atoms with Gasteiger partial charge in [-0.3, -0.25) is 4.98 Å². The van der Waals surface area contributed by atoms with Crippen molar-refractivity contribution in [2.24, 2.45) is 0 Å². The minimum Gasteiger partial charge on any atom is -0.391 e. The van der Waals surface area contributed by atoms with Crippen LogP contribution in [0.3, 0.4) is 0 Å². The van der Waals surface area contributed by atoms with Crippen LogP contribution in [-0.4, -0.2) is 28.3 Å². The molecule has 0 radical (unpaired) electrons. The van der Waals surface area contributed by atoms with Crippen molar-refractivity contribution in [3.63, 3.8) is 0 Å². The highest BCUT2D eigenvalue weighted by atomic mass is 16.3. The fourth-order valence-electron chi connectivity index (χ4n) is 3.07. The lowest BCUT2D eigenvalue weighted by Gasteiger charge is -2.25. The van der Waals surface area contributed by atoms with E-state index in [2.05, 4.69) is 38.2 Å². The van der Waals surface area contributed by atoms with E-state index in [1.54, 1.807) is 0 Å². The minimum absolute atomic E-state index is 0.0270. The summed E-state index contributed by atoms with van der Waals surface area (Å²) in [4.78, 5) is 4.81. The zero-order valence-corrected chi connectivity index (χ0v) is 13.1. The van der Waals surface area contributed by atoms with Gasteiger partial charge in [-0.15, -0.1) is 0 Å². The standard InChI is InChI=1S/C18H24N2O/c1-18(2,3)19-11-16(21)14-9-8-13-10-12-6-4-5-7-15(12)20-17(13)14/h4-7,10,14,16,19,21H,8-9,11H2,1-3H3/t14-,16-/m0/s1. The maximum absolute atomic E-state index is 10.5. The van der Waals surface area contributed by atoms with E-state index in [-0.39, 0.29) is 17.6 Å². The van der Waals surface area contributed by atoms with Crippen molar-refractivity contribution in [3.05, 3.63) is 41.6 Å². The van der Waals surface area contributed by atoms with Gasteiger partial charge in [0.15, 0.2) is 0 Å². The number of fused-ring (bicyclic) bond motifs is 2. The number of nitrogens with one attached hydrogen (secondary N) is 1. The summed E-state index contributed by atoms with van der Waals surface area (Å²) in [6.45, 7) is 6.97. The van der Waals surface area contributed by atoms with Crippen molar-refractivity contribution in [1.29, 1.82) is 0 Å². The molecule has 0 amide bonds. The molecular weight excluding hydrogens is 260 g/mol. The lowest BCUT2D eigenvalue weighted by Crippen LogP contribution is -2.42. The molecule has 3 rings (SSSR count). The monoisotopic (exact) mass is 284 g/mol. The predicted octanol–water partition coefficient (Wildman–Crippen LogP) is 3.01. The number of β-amino-alcohol motifs (C(OH)–C–C–N with tert-alkyl or cyclic N) is 1. The number of aryl methyl sites for hydroxylation is 1. The topological polar surface area (TPSA) is 45.1 Å². The second-order valence-corrected chi connectivity index (χ2v) is 7.07. The maximum Gasteiger partial charge on any atom is 0.0748 e. The quantitative estimate of drug-likeness (QED) is 0.910. The maximum atomic E-state index is 10.5. The van der Waals surface area contributed by atoms with Crippen molar-refractivity contribution in [2.75, 3.05) is 6.54 Å². The molecule has 2 atom stereocenters. The van der Waals surface area contributed by atoms with Crippen molar-refractivity contribution < 1.29 is 5.11 Å². The highest BCUT2D eigenvalue weighted by Gasteiger charge is 2.30. The van der Waals surface area contributed by atoms with Gasteiger partial charge >= 0.3 is 0 Å². The van der Waals surface area contributed by atoms with Gasteiger partial charge in [0.05, 0.1) is 17.3 Å². The number of hydrogen-bond donors (Lipinski definition) is 2. The first-order valence-electron chi connectivity index (χ1n) is 7.76. The van der Waals surface area contributed by atoms with E-state index in [9.17, 15) is 5.11 Å². The average Bonchev–Trinajstić information content (AvgIpc) is 2.84. The molecule has 0 saturated heterocycles. The molecule has 0 saturated carbocycles. The molecule has 3 nitrogen and oxygen atoms in total. The number of pyridine rings is 1. The Morgan fingerprint density at radius 2 is 2.10 bits per heavy atom. The van der Waals surface area contributed by atoms with Crippen LogP contribution in [0.15, 0.2) is 30.3 Å². The average molecular weight is 284 g/mol. The first-order chi connectivity index (χ1) is 9.94. The molecular formula is C18H24N2O. The zero-order valence-electron chi connectivity index (χ0n) is 13.1. The highest BCUT2D eigenvalue weighted by molar-refractivity contribution is 5.79. The summed E-state index contributed by atoms with van der Waals surface area (Å²) in [6, 6.07) is 10.5. The Labute approximate surface area is 126 Å². The van der Waals surface area contributed by atoms with Gasteiger partial charge in [0.2, 0.25) is 0 Å². The van der Waals surface area contributed by atoms with Crippen molar-refractivity contribution in [3.8, 4) is 0 Å². The predicted molar refractivity (Wildman–Crippen MR) is 86.6 cm³/mol. The largest absolute Gasteiger partial charge is 0.391 e. The molecule has 2 aromatic rings. The van der Waals surface area contributed by atoms with Crippen LogP contribution in [0.5, 0.6) is 0 Å². The van der Waals surface area contributed by atoms with Gasteiger partial charge in [0.25, 0.3) is 0 Å². The van der Waals surface area contributed by atoms with Crippen LogP contribution in [0.4, 0.5) is 0 Å². The molecule has 0 unspecified atom stereocenters. The highest BCUT2D eigenvalue weighted by Crippen LogP contribution is 2.35. The van der Waals surface area contributed by atoms with Gasteiger partial charge in [-0.25, -0.2) is 0 Å². The van der Waals surface area contributed by atoms with Crippen molar-refractivity contribution >= 4 is 10.9 Å². The number of rotatable bonds is 3. The first kappa shape index (κ1) is 14.5. The summed E-state index contributed by atoms with van der Waals surface area (Å²) in [6.07, 6.45) is 1.63. The second kappa shape index (κ2) is 5.39. The number of nitrogens with zero attached hydrogens (tertiary/aromatic N) is 1. The Hall–Kier alpha value is -1.45. The molecule has 1 heterocycles. The Kier molecular flexibility index (Phi) is 3.72. The number of para-hydroxylation sites is 1. The SMILES string of the molecule is CC(C)(C)NC[C@H](O)[C@@H]1CCc2cc3ccccc3nc21. The zero-order chi connectivity index (χ0) is 15.0. The minimum atomic E-state index is -0.376. The third kappa shape index (κ3) is 3.09. The molecule has 0 bridgehead atoms. The Balaban J connectivity index is 1.84. The van der Waals surface area contributed by atoms with E-state index < -0.39 is 0 Å². The van der Waals surface area contributed by atoms with E-state index in [4.69, 9.17) is 4.98 Å². The summed E-state index contributed by atoms with van der Waals surface area (Å²) in [5.41, 5.74) is 3.45. The lowest BCUT2D eigenvalue weighted by atomic mass is 9.98. The molecule has 3 heteroatoms. The third-order valence-electron chi connectivity index (χ3n) is 4.22. The van der Waals surface area contributed by atoms with Crippen molar-refractivity contribution in [1.82, 2.24) is 10.3 Å². The summed E-state index contributed by atoms with van der Waals surface area (Å²) in [7, 11) is 0. The molecule has 0 aliphatic heterocycles. The molecule has 2 N–H and O–H groups in total. The lowest BCUT2D eigenvalue weighted by molar-refractivity contribution is 0.130.